The third-order valence-electron chi connectivity index (χ3n) is 5.39. The van der Waals surface area contributed by atoms with Crippen LogP contribution in [0.1, 0.15) is 33.2 Å². The maximum atomic E-state index is 13.0. The number of hydrogen-bond acceptors (Lipinski definition) is 5. The fourth-order valence-electron chi connectivity index (χ4n) is 3.58. The standard InChI is InChI=1S/C24H25N5O2/c1-2-18-7-9-19(10-8-18)22(30)28-13-15-29(16-14-28)23(31)20-5-3-6-21(17-20)27-24-25-11-4-12-26-24/h3-12,17H,2,13-16H2,1H3,(H,25,26,27). The van der Waals surface area contributed by atoms with Crippen LogP contribution in [0.25, 0.3) is 0 Å². The molecule has 158 valence electrons. The van der Waals surface area contributed by atoms with E-state index < -0.39 is 0 Å². The van der Waals surface area contributed by atoms with Crippen molar-refractivity contribution in [2.75, 3.05) is 31.5 Å². The smallest absolute Gasteiger partial charge is 0.254 e. The van der Waals surface area contributed by atoms with Crippen molar-refractivity contribution in [1.29, 1.82) is 0 Å². The van der Waals surface area contributed by atoms with Gasteiger partial charge in [-0.1, -0.05) is 25.1 Å². The van der Waals surface area contributed by atoms with Crippen LogP contribution in [0.15, 0.2) is 67.0 Å². The van der Waals surface area contributed by atoms with E-state index in [9.17, 15) is 9.59 Å². The fourth-order valence-corrected chi connectivity index (χ4v) is 3.58. The number of piperazine rings is 1. The number of benzene rings is 2. The molecule has 7 heteroatoms. The Labute approximate surface area is 181 Å². The van der Waals surface area contributed by atoms with Gasteiger partial charge in [-0.15, -0.1) is 0 Å². The van der Waals surface area contributed by atoms with E-state index >= 15 is 0 Å². The highest BCUT2D eigenvalue weighted by Crippen LogP contribution is 2.17. The zero-order chi connectivity index (χ0) is 21.6. The highest BCUT2D eigenvalue weighted by Gasteiger charge is 2.25. The van der Waals surface area contributed by atoms with Crippen LogP contribution in [0.4, 0.5) is 11.6 Å². The first-order valence-electron chi connectivity index (χ1n) is 10.5. The number of aromatic nitrogens is 2. The van der Waals surface area contributed by atoms with Crippen molar-refractivity contribution in [3.63, 3.8) is 0 Å². The summed E-state index contributed by atoms with van der Waals surface area (Å²) >= 11 is 0. The summed E-state index contributed by atoms with van der Waals surface area (Å²) in [5.41, 5.74) is 3.25. The number of nitrogens with zero attached hydrogens (tertiary/aromatic N) is 4. The van der Waals surface area contributed by atoms with Gasteiger partial charge in [0.1, 0.15) is 0 Å². The molecular weight excluding hydrogens is 390 g/mol. The lowest BCUT2D eigenvalue weighted by molar-refractivity contribution is 0.0535. The van der Waals surface area contributed by atoms with Crippen LogP contribution in [0.3, 0.4) is 0 Å². The van der Waals surface area contributed by atoms with Gasteiger partial charge in [-0.3, -0.25) is 9.59 Å². The molecule has 4 rings (SSSR count). The van der Waals surface area contributed by atoms with Crippen molar-refractivity contribution in [2.24, 2.45) is 0 Å². The second-order valence-corrected chi connectivity index (χ2v) is 7.41. The molecule has 2 aromatic carbocycles. The number of nitrogens with one attached hydrogen (secondary N) is 1. The van der Waals surface area contributed by atoms with Gasteiger partial charge in [-0.05, 0) is 48.4 Å². The quantitative estimate of drug-likeness (QED) is 0.691. The van der Waals surface area contributed by atoms with Crippen LogP contribution in [-0.2, 0) is 6.42 Å². The van der Waals surface area contributed by atoms with Gasteiger partial charge in [0.2, 0.25) is 5.95 Å². The third kappa shape index (κ3) is 4.88. The van der Waals surface area contributed by atoms with Crippen molar-refractivity contribution in [3.8, 4) is 0 Å². The predicted molar refractivity (Wildman–Crippen MR) is 119 cm³/mol. The van der Waals surface area contributed by atoms with Gasteiger partial charge in [0.25, 0.3) is 11.8 Å². The van der Waals surface area contributed by atoms with Crippen LogP contribution in [0.2, 0.25) is 0 Å². The Morgan fingerprint density at radius 2 is 1.45 bits per heavy atom. The van der Waals surface area contributed by atoms with Gasteiger partial charge in [0, 0.05) is 55.4 Å². The van der Waals surface area contributed by atoms with Crippen molar-refractivity contribution in [3.05, 3.63) is 83.7 Å². The van der Waals surface area contributed by atoms with Gasteiger partial charge >= 0.3 is 0 Å². The van der Waals surface area contributed by atoms with Gasteiger partial charge < -0.3 is 15.1 Å². The van der Waals surface area contributed by atoms with E-state index in [0.29, 0.717) is 43.3 Å². The molecule has 0 radical (unpaired) electrons. The Morgan fingerprint density at radius 3 is 2.06 bits per heavy atom. The molecule has 1 saturated heterocycles. The van der Waals surface area contributed by atoms with E-state index in [1.165, 1.54) is 5.56 Å². The molecule has 0 atom stereocenters. The average Bonchev–Trinajstić information content (AvgIpc) is 2.84. The molecule has 2 amide bonds. The number of carbonyl (C=O) groups is 2. The van der Waals surface area contributed by atoms with Gasteiger partial charge in [-0.2, -0.15) is 0 Å². The molecule has 1 N–H and O–H groups in total. The SMILES string of the molecule is CCc1ccc(C(=O)N2CCN(C(=O)c3cccc(Nc4ncccn4)c3)CC2)cc1. The van der Waals surface area contributed by atoms with Gasteiger partial charge in [0.15, 0.2) is 0 Å². The average molecular weight is 415 g/mol. The second-order valence-electron chi connectivity index (χ2n) is 7.41. The fraction of sp³-hybridized carbons (Fsp3) is 0.250. The molecule has 0 bridgehead atoms. The molecule has 1 fully saturated rings. The Balaban J connectivity index is 1.36. The Kier molecular flexibility index (Phi) is 6.21. The van der Waals surface area contributed by atoms with E-state index in [-0.39, 0.29) is 11.8 Å². The Bertz CT molecular complexity index is 1050. The summed E-state index contributed by atoms with van der Waals surface area (Å²) in [5, 5.41) is 3.10. The van der Waals surface area contributed by atoms with Crippen molar-refractivity contribution in [1.82, 2.24) is 19.8 Å². The first kappa shape index (κ1) is 20.5. The van der Waals surface area contributed by atoms with Crippen LogP contribution in [0, 0.1) is 0 Å². The molecular formula is C24H25N5O2. The van der Waals surface area contributed by atoms with Gasteiger partial charge in [-0.25, -0.2) is 9.97 Å². The zero-order valence-corrected chi connectivity index (χ0v) is 17.5. The molecule has 31 heavy (non-hydrogen) atoms. The number of anilines is 2. The summed E-state index contributed by atoms with van der Waals surface area (Å²) in [7, 11) is 0. The minimum Gasteiger partial charge on any atom is -0.335 e. The number of amides is 2. The molecule has 2 heterocycles. The summed E-state index contributed by atoms with van der Waals surface area (Å²) < 4.78 is 0. The molecule has 1 aromatic heterocycles. The summed E-state index contributed by atoms with van der Waals surface area (Å²) in [5.74, 6) is 0.451. The first-order valence-corrected chi connectivity index (χ1v) is 10.5. The number of aryl methyl sites for hydroxylation is 1. The first-order chi connectivity index (χ1) is 15.1. The van der Waals surface area contributed by atoms with Crippen LogP contribution < -0.4 is 5.32 Å². The maximum absolute atomic E-state index is 13.0. The van der Waals surface area contributed by atoms with Crippen molar-refractivity contribution in [2.45, 2.75) is 13.3 Å². The van der Waals surface area contributed by atoms with E-state index in [1.54, 1.807) is 35.5 Å². The largest absolute Gasteiger partial charge is 0.335 e. The predicted octanol–water partition coefficient (Wildman–Crippen LogP) is 3.38. The summed E-state index contributed by atoms with van der Waals surface area (Å²) in [6.07, 6.45) is 4.26. The summed E-state index contributed by atoms with van der Waals surface area (Å²) in [6.45, 7) is 4.16. The van der Waals surface area contributed by atoms with E-state index in [0.717, 1.165) is 12.1 Å². The van der Waals surface area contributed by atoms with Crippen LogP contribution >= 0.6 is 0 Å². The second kappa shape index (κ2) is 9.38. The summed E-state index contributed by atoms with van der Waals surface area (Å²) in [4.78, 5) is 37.6. The minimum absolute atomic E-state index is 0.0174. The highest BCUT2D eigenvalue weighted by atomic mass is 16.2. The number of hydrogen-bond donors (Lipinski definition) is 1. The number of carbonyl (C=O) groups excluding carboxylic acids is 2. The number of rotatable bonds is 5. The molecule has 1 aliphatic heterocycles. The lowest BCUT2D eigenvalue weighted by Gasteiger charge is -2.35. The third-order valence-corrected chi connectivity index (χ3v) is 5.39. The molecule has 0 aliphatic carbocycles. The monoisotopic (exact) mass is 415 g/mol. The van der Waals surface area contributed by atoms with Gasteiger partial charge in [0.05, 0.1) is 0 Å². The maximum Gasteiger partial charge on any atom is 0.254 e. The normalized spacial score (nSPS) is 13.7. The van der Waals surface area contributed by atoms with Crippen molar-refractivity contribution < 1.29 is 9.59 Å². The molecule has 7 nitrogen and oxygen atoms in total. The molecule has 0 spiro atoms. The zero-order valence-electron chi connectivity index (χ0n) is 17.5. The minimum atomic E-state index is -0.0444. The van der Waals surface area contributed by atoms with Crippen molar-refractivity contribution >= 4 is 23.5 Å². The topological polar surface area (TPSA) is 78.4 Å². The van der Waals surface area contributed by atoms with Crippen LogP contribution in [-0.4, -0.2) is 57.8 Å². The lowest BCUT2D eigenvalue weighted by atomic mass is 10.1. The molecule has 0 unspecified atom stereocenters. The Morgan fingerprint density at radius 1 is 0.839 bits per heavy atom. The molecule has 0 saturated carbocycles. The molecule has 1 aliphatic rings. The molecule has 3 aromatic rings. The highest BCUT2D eigenvalue weighted by molar-refractivity contribution is 5.96. The van der Waals surface area contributed by atoms with E-state index in [4.69, 9.17) is 0 Å². The van der Waals surface area contributed by atoms with E-state index in [2.05, 4.69) is 22.2 Å². The van der Waals surface area contributed by atoms with E-state index in [1.807, 2.05) is 41.3 Å². The Hall–Kier alpha value is -3.74. The van der Waals surface area contributed by atoms with Crippen LogP contribution in [0.5, 0.6) is 0 Å². The lowest BCUT2D eigenvalue weighted by Crippen LogP contribution is -2.50. The summed E-state index contributed by atoms with van der Waals surface area (Å²) in [6, 6.07) is 16.8.